The van der Waals surface area contributed by atoms with Crippen molar-refractivity contribution in [1.82, 2.24) is 0 Å². The molecule has 2 aromatic rings. The van der Waals surface area contributed by atoms with E-state index >= 15 is 0 Å². The minimum absolute atomic E-state index is 0.0470. The Morgan fingerprint density at radius 1 is 1.00 bits per heavy atom. The van der Waals surface area contributed by atoms with Crippen molar-refractivity contribution in [3.8, 4) is 5.75 Å². The number of rotatable bonds is 5. The first-order valence-corrected chi connectivity index (χ1v) is 8.30. The first kappa shape index (κ1) is 21.3. The zero-order valence-corrected chi connectivity index (χ0v) is 15.5. The molecule has 0 saturated carbocycles. The van der Waals surface area contributed by atoms with Crippen molar-refractivity contribution < 1.29 is 32.2 Å². The van der Waals surface area contributed by atoms with Gasteiger partial charge in [-0.05, 0) is 62.7 Å². The number of ether oxygens (including phenoxy) is 2. The van der Waals surface area contributed by atoms with Gasteiger partial charge in [-0.25, -0.2) is 4.79 Å². The molecule has 5 nitrogen and oxygen atoms in total. The maximum Gasteiger partial charge on any atom is 0.573 e. The first-order chi connectivity index (χ1) is 13.0. The molecule has 0 unspecified atom stereocenters. The molecule has 1 radical (unpaired) electrons. The highest BCUT2D eigenvalue weighted by Gasteiger charge is 2.31. The van der Waals surface area contributed by atoms with Gasteiger partial charge < -0.3 is 9.47 Å². The van der Waals surface area contributed by atoms with Crippen molar-refractivity contribution >= 4 is 18.1 Å². The molecule has 149 valence electrons. The molecule has 0 aliphatic rings. The summed E-state index contributed by atoms with van der Waals surface area (Å²) in [5.74, 6) is -0.356. The molecule has 0 aliphatic heterocycles. The number of hydrogen-bond acceptors (Lipinski definition) is 4. The van der Waals surface area contributed by atoms with Gasteiger partial charge in [0.15, 0.2) is 0 Å². The molecule has 1 amide bonds. The van der Waals surface area contributed by atoms with E-state index in [1.165, 1.54) is 41.3 Å². The van der Waals surface area contributed by atoms with Gasteiger partial charge >= 0.3 is 12.5 Å². The number of benzene rings is 2. The number of halogens is 3. The van der Waals surface area contributed by atoms with Crippen LogP contribution in [0, 0.1) is 0 Å². The van der Waals surface area contributed by atoms with Crippen LogP contribution in [-0.4, -0.2) is 24.3 Å². The van der Waals surface area contributed by atoms with E-state index in [2.05, 4.69) is 4.74 Å². The highest BCUT2D eigenvalue weighted by Crippen LogP contribution is 2.25. The van der Waals surface area contributed by atoms with Crippen molar-refractivity contribution in [3.63, 3.8) is 0 Å². The van der Waals surface area contributed by atoms with Crippen molar-refractivity contribution in [2.75, 3.05) is 4.90 Å². The number of carbonyl (C=O) groups excluding carboxylic acids is 2. The van der Waals surface area contributed by atoms with E-state index in [0.717, 1.165) is 0 Å². The molecule has 0 N–H and O–H groups in total. The molecule has 0 atom stereocenters. The number of carbonyl (C=O) groups is 1. The van der Waals surface area contributed by atoms with Crippen LogP contribution in [0.1, 0.15) is 31.9 Å². The van der Waals surface area contributed by atoms with E-state index in [-0.39, 0.29) is 12.3 Å². The standard InChI is InChI=1S/C20H19F3NO4/c1-19(2,3)28-18(26)24(16-8-4-15(13-25)5-9-16)12-14-6-10-17(11-7-14)27-20(21,22)23/h4-11H,12H2,1-3H3. The summed E-state index contributed by atoms with van der Waals surface area (Å²) in [5, 5.41) is 0. The third kappa shape index (κ3) is 6.61. The van der Waals surface area contributed by atoms with E-state index in [1.54, 1.807) is 39.2 Å². The fourth-order valence-corrected chi connectivity index (χ4v) is 2.27. The van der Waals surface area contributed by atoms with Crippen molar-refractivity contribution in [1.29, 1.82) is 0 Å². The van der Waals surface area contributed by atoms with E-state index in [1.807, 2.05) is 0 Å². The lowest BCUT2D eigenvalue weighted by Gasteiger charge is -2.27. The molecule has 0 aliphatic carbocycles. The monoisotopic (exact) mass is 394 g/mol. The summed E-state index contributed by atoms with van der Waals surface area (Å²) in [6, 6.07) is 11.3. The zero-order chi connectivity index (χ0) is 20.9. The molecular formula is C20H19F3NO4. The summed E-state index contributed by atoms with van der Waals surface area (Å²) in [6.45, 7) is 5.20. The SMILES string of the molecule is CC(C)(C)OC(=O)N(Cc1ccc(OC(F)(F)F)cc1)c1ccc([C]=O)cc1. The molecular weight excluding hydrogens is 375 g/mol. The Labute approximate surface area is 160 Å². The zero-order valence-electron chi connectivity index (χ0n) is 15.5. The summed E-state index contributed by atoms with van der Waals surface area (Å²) in [6.07, 6.45) is -3.67. The number of amides is 1. The smallest absolute Gasteiger partial charge is 0.443 e. The van der Waals surface area contributed by atoms with Crippen LogP contribution in [0.15, 0.2) is 48.5 Å². The largest absolute Gasteiger partial charge is 0.573 e. The van der Waals surface area contributed by atoms with Crippen molar-refractivity contribution in [2.24, 2.45) is 0 Å². The van der Waals surface area contributed by atoms with E-state index in [4.69, 9.17) is 4.74 Å². The highest BCUT2D eigenvalue weighted by atomic mass is 19.4. The molecule has 2 rings (SSSR count). The average Bonchev–Trinajstić information content (AvgIpc) is 2.58. The normalized spacial score (nSPS) is 11.6. The Kier molecular flexibility index (Phi) is 6.33. The first-order valence-electron chi connectivity index (χ1n) is 8.30. The van der Waals surface area contributed by atoms with Gasteiger partial charge in [-0.2, -0.15) is 0 Å². The number of anilines is 1. The predicted molar refractivity (Wildman–Crippen MR) is 96.8 cm³/mol. The van der Waals surface area contributed by atoms with E-state index in [0.29, 0.717) is 16.8 Å². The predicted octanol–water partition coefficient (Wildman–Crippen LogP) is 4.98. The van der Waals surface area contributed by atoms with Crippen molar-refractivity contribution in [3.05, 3.63) is 59.7 Å². The van der Waals surface area contributed by atoms with E-state index in [9.17, 15) is 22.8 Å². The summed E-state index contributed by atoms with van der Waals surface area (Å²) in [4.78, 5) is 24.7. The molecule has 28 heavy (non-hydrogen) atoms. The second-order valence-corrected chi connectivity index (χ2v) is 6.91. The quantitative estimate of drug-likeness (QED) is 0.717. The van der Waals surface area contributed by atoms with Crippen LogP contribution in [0.25, 0.3) is 0 Å². The van der Waals surface area contributed by atoms with Gasteiger partial charge in [-0.1, -0.05) is 12.1 Å². The van der Waals surface area contributed by atoms with Crippen LogP contribution >= 0.6 is 0 Å². The Morgan fingerprint density at radius 3 is 2.04 bits per heavy atom. The fraction of sp³-hybridized carbons (Fsp3) is 0.300. The van der Waals surface area contributed by atoms with Gasteiger partial charge in [0.2, 0.25) is 6.29 Å². The molecule has 0 aromatic heterocycles. The third-order valence-corrected chi connectivity index (χ3v) is 3.41. The van der Waals surface area contributed by atoms with Crippen LogP contribution < -0.4 is 9.64 Å². The lowest BCUT2D eigenvalue weighted by atomic mass is 10.1. The van der Waals surface area contributed by atoms with Crippen LogP contribution in [0.3, 0.4) is 0 Å². The Hall–Kier alpha value is -3.03. The van der Waals surface area contributed by atoms with Gasteiger partial charge in [0, 0.05) is 11.3 Å². The van der Waals surface area contributed by atoms with Crippen LogP contribution in [0.2, 0.25) is 0 Å². The average molecular weight is 394 g/mol. The summed E-state index contributed by atoms with van der Waals surface area (Å²) in [5.41, 5.74) is 0.604. The Morgan fingerprint density at radius 2 is 1.57 bits per heavy atom. The van der Waals surface area contributed by atoms with Crippen molar-refractivity contribution in [2.45, 2.75) is 39.3 Å². The van der Waals surface area contributed by atoms with Gasteiger partial charge in [-0.15, -0.1) is 13.2 Å². The molecule has 2 aromatic carbocycles. The Bertz CT molecular complexity index is 809. The maximum atomic E-state index is 12.6. The molecule has 0 saturated heterocycles. The maximum absolute atomic E-state index is 12.6. The second-order valence-electron chi connectivity index (χ2n) is 6.91. The number of hydrogen-bond donors (Lipinski definition) is 0. The molecule has 0 bridgehead atoms. The topological polar surface area (TPSA) is 55.8 Å². The molecule has 8 heteroatoms. The number of nitrogens with zero attached hydrogens (tertiary/aromatic N) is 1. The van der Waals surface area contributed by atoms with Crippen LogP contribution in [0.4, 0.5) is 23.7 Å². The minimum atomic E-state index is -4.78. The van der Waals surface area contributed by atoms with Gasteiger partial charge in [0.05, 0.1) is 6.54 Å². The summed E-state index contributed by atoms with van der Waals surface area (Å²) >= 11 is 0. The van der Waals surface area contributed by atoms with Gasteiger partial charge in [0.25, 0.3) is 0 Å². The minimum Gasteiger partial charge on any atom is -0.443 e. The molecule has 0 fully saturated rings. The molecule has 0 spiro atoms. The summed E-state index contributed by atoms with van der Waals surface area (Å²) in [7, 11) is 0. The molecule has 0 heterocycles. The van der Waals surface area contributed by atoms with Gasteiger partial charge in [0.1, 0.15) is 11.4 Å². The van der Waals surface area contributed by atoms with E-state index < -0.39 is 18.1 Å². The van der Waals surface area contributed by atoms with Crippen LogP contribution in [0.5, 0.6) is 5.75 Å². The van der Waals surface area contributed by atoms with Crippen LogP contribution in [-0.2, 0) is 16.1 Å². The lowest BCUT2D eigenvalue weighted by Crippen LogP contribution is -2.36. The summed E-state index contributed by atoms with van der Waals surface area (Å²) < 4.78 is 46.1. The Balaban J connectivity index is 2.25. The fourth-order valence-electron chi connectivity index (χ4n) is 2.27. The highest BCUT2D eigenvalue weighted by molar-refractivity contribution is 5.88. The number of alkyl halides is 3. The van der Waals surface area contributed by atoms with Gasteiger partial charge in [-0.3, -0.25) is 9.69 Å². The second kappa shape index (κ2) is 8.33. The lowest BCUT2D eigenvalue weighted by molar-refractivity contribution is -0.274. The third-order valence-electron chi connectivity index (χ3n) is 3.41.